The van der Waals surface area contributed by atoms with Gasteiger partial charge in [-0.3, -0.25) is 0 Å². The maximum Gasteiger partial charge on any atom is -0.0386 e. The molecule has 0 aromatic rings. The first-order valence-electron chi connectivity index (χ1n) is 13.2. The van der Waals surface area contributed by atoms with Crippen molar-refractivity contribution in [2.24, 2.45) is 0 Å². The molecule has 0 N–H and O–H groups in total. The Balaban J connectivity index is 2.95. The Kier molecular flexibility index (Phi) is 26.0. The number of rotatable bonds is 24. The smallest absolute Gasteiger partial charge is 0.0386 e. The topological polar surface area (TPSA) is 0 Å². The predicted molar refractivity (Wildman–Crippen MR) is 126 cm³/mol. The summed E-state index contributed by atoms with van der Waals surface area (Å²) >= 11 is 0. The van der Waals surface area contributed by atoms with E-state index in [1.165, 1.54) is 154 Å². The van der Waals surface area contributed by atoms with E-state index in [-0.39, 0.29) is 0 Å². The van der Waals surface area contributed by atoms with Crippen LogP contribution in [0.25, 0.3) is 0 Å². The first-order chi connectivity index (χ1) is 13.4. The number of unbranched alkanes of at least 4 members (excludes halogenated alkanes) is 24. The van der Waals surface area contributed by atoms with Gasteiger partial charge in [-0.15, -0.1) is 0 Å². The van der Waals surface area contributed by atoms with Gasteiger partial charge in [0.2, 0.25) is 0 Å². The van der Waals surface area contributed by atoms with Gasteiger partial charge < -0.3 is 0 Å². The Bertz CT molecular complexity index is 208. The van der Waals surface area contributed by atoms with Crippen LogP contribution >= 0.6 is 0 Å². The van der Waals surface area contributed by atoms with Gasteiger partial charge in [0.15, 0.2) is 0 Å². The molecule has 0 aromatic heterocycles. The third kappa shape index (κ3) is 26.0. The molecule has 0 atom stereocenters. The Morgan fingerprint density at radius 2 is 0.593 bits per heavy atom. The van der Waals surface area contributed by atoms with Crippen LogP contribution < -0.4 is 0 Å². The Morgan fingerprint density at radius 3 is 0.889 bits per heavy atom. The van der Waals surface area contributed by atoms with Crippen molar-refractivity contribution in [3.8, 4) is 0 Å². The van der Waals surface area contributed by atoms with Crippen molar-refractivity contribution >= 4 is 0 Å². The zero-order chi connectivity index (χ0) is 19.7. The summed E-state index contributed by atoms with van der Waals surface area (Å²) in [6.07, 6.45) is 37.4. The fraction of sp³-hybridized carbons (Fsp3) is 0.963. The van der Waals surface area contributed by atoms with E-state index in [1.54, 1.807) is 0 Å². The minimum Gasteiger partial charge on any atom is -0.0654 e. The summed E-state index contributed by atoms with van der Waals surface area (Å²) in [7, 11) is 0. The number of hydrogen-bond acceptors (Lipinski definition) is 0. The Hall–Kier alpha value is 0. The van der Waals surface area contributed by atoms with E-state index in [0.717, 1.165) is 0 Å². The third-order valence-corrected chi connectivity index (χ3v) is 6.00. The first-order valence-corrected chi connectivity index (χ1v) is 13.2. The lowest BCUT2D eigenvalue weighted by Crippen LogP contribution is -1.84. The summed E-state index contributed by atoms with van der Waals surface area (Å²) in [5, 5.41) is 0. The molecule has 0 aliphatic heterocycles. The maximum atomic E-state index is 2.48. The molecule has 0 heterocycles. The lowest BCUT2D eigenvalue weighted by Gasteiger charge is -2.04. The standard InChI is InChI=1S/C27H55/c1-3-5-7-9-11-13-15-17-19-21-23-25-27-26-24-22-20-18-16-14-12-10-8-6-4-2/h7H,3-6,8-27H2,1-2H3. The zero-order valence-corrected chi connectivity index (χ0v) is 19.5. The van der Waals surface area contributed by atoms with Crippen molar-refractivity contribution < 1.29 is 0 Å². The molecular formula is C27H55. The summed E-state index contributed by atoms with van der Waals surface area (Å²) in [6.45, 7) is 4.58. The molecule has 0 aliphatic carbocycles. The highest BCUT2D eigenvalue weighted by molar-refractivity contribution is 4.63. The van der Waals surface area contributed by atoms with Crippen molar-refractivity contribution in [1.82, 2.24) is 0 Å². The van der Waals surface area contributed by atoms with E-state index in [4.69, 9.17) is 0 Å². The molecule has 0 unspecified atom stereocenters. The molecule has 0 heteroatoms. The quantitative estimate of drug-likeness (QED) is 0.146. The summed E-state index contributed by atoms with van der Waals surface area (Å²) in [5.41, 5.74) is 0. The van der Waals surface area contributed by atoms with E-state index in [2.05, 4.69) is 20.3 Å². The van der Waals surface area contributed by atoms with Crippen LogP contribution in [0.4, 0.5) is 0 Å². The second-order valence-electron chi connectivity index (χ2n) is 8.94. The Morgan fingerprint density at radius 1 is 0.296 bits per heavy atom. The minimum absolute atomic E-state index is 1.32. The summed E-state index contributed by atoms with van der Waals surface area (Å²) in [4.78, 5) is 0. The molecule has 1 radical (unpaired) electrons. The molecule has 0 fully saturated rings. The average Bonchev–Trinajstić information content (AvgIpc) is 2.68. The summed E-state index contributed by atoms with van der Waals surface area (Å²) < 4.78 is 0. The van der Waals surface area contributed by atoms with Crippen LogP contribution in [0.15, 0.2) is 0 Å². The number of hydrogen-bond donors (Lipinski definition) is 0. The van der Waals surface area contributed by atoms with Crippen LogP contribution in [-0.2, 0) is 0 Å². The fourth-order valence-corrected chi connectivity index (χ4v) is 4.07. The first kappa shape index (κ1) is 27.0. The van der Waals surface area contributed by atoms with Crippen molar-refractivity contribution in [3.63, 3.8) is 0 Å². The minimum atomic E-state index is 1.32. The molecule has 0 aromatic carbocycles. The van der Waals surface area contributed by atoms with Gasteiger partial charge in [0.1, 0.15) is 0 Å². The van der Waals surface area contributed by atoms with Crippen LogP contribution in [0, 0.1) is 6.42 Å². The Labute approximate surface area is 174 Å². The van der Waals surface area contributed by atoms with Gasteiger partial charge in [0, 0.05) is 0 Å². The van der Waals surface area contributed by atoms with Crippen LogP contribution in [-0.4, -0.2) is 0 Å². The molecule has 0 rings (SSSR count). The van der Waals surface area contributed by atoms with Crippen LogP contribution in [0.5, 0.6) is 0 Å². The molecule has 0 nitrogen and oxygen atoms in total. The van der Waals surface area contributed by atoms with Crippen LogP contribution in [0.1, 0.15) is 168 Å². The van der Waals surface area contributed by atoms with Gasteiger partial charge in [-0.25, -0.2) is 0 Å². The van der Waals surface area contributed by atoms with Gasteiger partial charge in [-0.05, 0) is 6.42 Å². The molecule has 0 aliphatic rings. The molecule has 0 amide bonds. The van der Waals surface area contributed by atoms with Crippen molar-refractivity contribution in [1.29, 1.82) is 0 Å². The highest BCUT2D eigenvalue weighted by atomic mass is 14.0. The van der Waals surface area contributed by atoms with E-state index >= 15 is 0 Å². The van der Waals surface area contributed by atoms with Crippen LogP contribution in [0.2, 0.25) is 0 Å². The van der Waals surface area contributed by atoms with E-state index in [1.807, 2.05) is 0 Å². The predicted octanol–water partition coefficient (Wildman–Crippen LogP) is 10.6. The highest BCUT2D eigenvalue weighted by Crippen LogP contribution is 2.15. The lowest BCUT2D eigenvalue weighted by atomic mass is 10.0. The zero-order valence-electron chi connectivity index (χ0n) is 19.5. The molecule has 163 valence electrons. The SMILES string of the molecule is CCC[CH]CCCCCCCCCCCCCCCCCCCCCCC. The highest BCUT2D eigenvalue weighted by Gasteiger charge is 1.95. The second-order valence-corrected chi connectivity index (χ2v) is 8.94. The van der Waals surface area contributed by atoms with Gasteiger partial charge in [-0.1, -0.05) is 168 Å². The summed E-state index contributed by atoms with van der Waals surface area (Å²) in [5.74, 6) is 0. The second kappa shape index (κ2) is 26.0. The monoisotopic (exact) mass is 379 g/mol. The van der Waals surface area contributed by atoms with E-state index < -0.39 is 0 Å². The molecule has 0 bridgehead atoms. The molecule has 0 saturated carbocycles. The average molecular weight is 380 g/mol. The molecule has 0 saturated heterocycles. The van der Waals surface area contributed by atoms with E-state index in [9.17, 15) is 0 Å². The van der Waals surface area contributed by atoms with Gasteiger partial charge in [0.05, 0.1) is 0 Å². The fourth-order valence-electron chi connectivity index (χ4n) is 4.07. The molecule has 27 heavy (non-hydrogen) atoms. The normalized spacial score (nSPS) is 11.3. The van der Waals surface area contributed by atoms with Crippen molar-refractivity contribution in [3.05, 3.63) is 6.42 Å². The van der Waals surface area contributed by atoms with Gasteiger partial charge in [0.25, 0.3) is 0 Å². The maximum absolute atomic E-state index is 2.48. The van der Waals surface area contributed by atoms with Crippen molar-refractivity contribution in [2.45, 2.75) is 168 Å². The van der Waals surface area contributed by atoms with Crippen LogP contribution in [0.3, 0.4) is 0 Å². The van der Waals surface area contributed by atoms with Crippen molar-refractivity contribution in [2.75, 3.05) is 0 Å². The molecule has 0 spiro atoms. The van der Waals surface area contributed by atoms with Gasteiger partial charge >= 0.3 is 0 Å². The summed E-state index contributed by atoms with van der Waals surface area (Å²) in [6, 6.07) is 0. The van der Waals surface area contributed by atoms with E-state index in [0.29, 0.717) is 0 Å². The molecular weight excluding hydrogens is 324 g/mol. The largest absolute Gasteiger partial charge is 0.0654 e. The van der Waals surface area contributed by atoms with Gasteiger partial charge in [-0.2, -0.15) is 0 Å². The third-order valence-electron chi connectivity index (χ3n) is 6.00. The lowest BCUT2D eigenvalue weighted by molar-refractivity contribution is 0.520.